The average molecular weight is 360 g/mol. The molecule has 5 nitrogen and oxygen atoms in total. The van der Waals surface area contributed by atoms with Gasteiger partial charge >= 0.3 is 6.03 Å². The highest BCUT2D eigenvalue weighted by molar-refractivity contribution is 6.32. The van der Waals surface area contributed by atoms with Gasteiger partial charge in [-0.15, -0.1) is 0 Å². The van der Waals surface area contributed by atoms with Crippen LogP contribution in [0.15, 0.2) is 54.6 Å². The number of amides is 2. The van der Waals surface area contributed by atoms with Crippen LogP contribution in [-0.4, -0.2) is 50.3 Å². The minimum atomic E-state index is -0.0459. The van der Waals surface area contributed by atoms with Gasteiger partial charge in [0.2, 0.25) is 0 Å². The lowest BCUT2D eigenvalue weighted by Gasteiger charge is -2.36. The van der Waals surface area contributed by atoms with Crippen LogP contribution in [0.1, 0.15) is 0 Å². The minimum absolute atomic E-state index is 0.0459. The van der Waals surface area contributed by atoms with Crippen LogP contribution in [0, 0.1) is 0 Å². The van der Waals surface area contributed by atoms with Gasteiger partial charge in [0.25, 0.3) is 0 Å². The number of ether oxygens (including phenoxy) is 1. The first-order valence-electron chi connectivity index (χ1n) is 8.44. The quantitative estimate of drug-likeness (QED) is 0.833. The number of hydrogen-bond donors (Lipinski definition) is 1. The third kappa shape index (κ3) is 4.79. The summed E-state index contributed by atoms with van der Waals surface area (Å²) in [6.07, 6.45) is 0. The summed E-state index contributed by atoms with van der Waals surface area (Å²) in [5, 5.41) is 3.47. The zero-order valence-electron chi connectivity index (χ0n) is 14.0. The van der Waals surface area contributed by atoms with Gasteiger partial charge in [-0.3, -0.25) is 0 Å². The standard InChI is InChI=1S/C19H22ClN3O2/c20-17-8-4-5-9-18(17)25-15-10-21-19(24)23-13-11-22(12-14-23)16-6-2-1-3-7-16/h1-9H,10-15H2,(H,21,24). The molecule has 132 valence electrons. The smallest absolute Gasteiger partial charge is 0.317 e. The largest absolute Gasteiger partial charge is 0.490 e. The molecule has 6 heteroatoms. The molecule has 1 fully saturated rings. The van der Waals surface area contributed by atoms with Gasteiger partial charge < -0.3 is 19.9 Å². The van der Waals surface area contributed by atoms with Crippen molar-refractivity contribution in [3.63, 3.8) is 0 Å². The van der Waals surface area contributed by atoms with E-state index in [2.05, 4.69) is 22.3 Å². The Kier molecular flexibility index (Phi) is 6.01. The van der Waals surface area contributed by atoms with Gasteiger partial charge in [0.05, 0.1) is 11.6 Å². The summed E-state index contributed by atoms with van der Waals surface area (Å²) in [4.78, 5) is 16.4. The summed E-state index contributed by atoms with van der Waals surface area (Å²) in [6, 6.07) is 17.5. The Labute approximate surface area is 153 Å². The molecule has 0 bridgehead atoms. The van der Waals surface area contributed by atoms with Gasteiger partial charge in [-0.2, -0.15) is 0 Å². The van der Waals surface area contributed by atoms with E-state index in [0.29, 0.717) is 37.0 Å². The van der Waals surface area contributed by atoms with Crippen molar-refractivity contribution in [2.75, 3.05) is 44.2 Å². The summed E-state index contributed by atoms with van der Waals surface area (Å²) >= 11 is 6.03. The molecule has 0 spiro atoms. The van der Waals surface area contributed by atoms with E-state index in [1.807, 2.05) is 41.3 Å². The molecule has 0 unspecified atom stereocenters. The average Bonchev–Trinajstić information content (AvgIpc) is 2.67. The monoisotopic (exact) mass is 359 g/mol. The Bertz CT molecular complexity index is 688. The van der Waals surface area contributed by atoms with Crippen LogP contribution in [0.2, 0.25) is 5.02 Å². The lowest BCUT2D eigenvalue weighted by Crippen LogP contribution is -2.52. The van der Waals surface area contributed by atoms with E-state index >= 15 is 0 Å². The van der Waals surface area contributed by atoms with E-state index in [0.717, 1.165) is 13.1 Å². The highest BCUT2D eigenvalue weighted by Crippen LogP contribution is 2.22. The Morgan fingerprint density at radius 2 is 1.68 bits per heavy atom. The maximum Gasteiger partial charge on any atom is 0.317 e. The second-order valence-electron chi connectivity index (χ2n) is 5.82. The molecule has 2 aromatic carbocycles. The lowest BCUT2D eigenvalue weighted by atomic mass is 10.2. The number of para-hydroxylation sites is 2. The number of halogens is 1. The molecule has 0 aromatic heterocycles. The van der Waals surface area contributed by atoms with Gasteiger partial charge in [-0.25, -0.2) is 4.79 Å². The third-order valence-corrected chi connectivity index (χ3v) is 4.47. The Morgan fingerprint density at radius 3 is 2.40 bits per heavy atom. The fourth-order valence-corrected chi connectivity index (χ4v) is 2.99. The molecule has 0 saturated carbocycles. The Hall–Kier alpha value is -2.40. The lowest BCUT2D eigenvalue weighted by molar-refractivity contribution is 0.191. The van der Waals surface area contributed by atoms with Gasteiger partial charge in [0, 0.05) is 31.9 Å². The van der Waals surface area contributed by atoms with E-state index in [9.17, 15) is 4.79 Å². The molecule has 1 aliphatic rings. The topological polar surface area (TPSA) is 44.8 Å². The van der Waals surface area contributed by atoms with Crippen molar-refractivity contribution in [1.29, 1.82) is 0 Å². The SMILES string of the molecule is O=C(NCCOc1ccccc1Cl)N1CCN(c2ccccc2)CC1. The van der Waals surface area contributed by atoms with E-state index in [1.165, 1.54) is 5.69 Å². The van der Waals surface area contributed by atoms with Crippen LogP contribution in [0.3, 0.4) is 0 Å². The summed E-state index contributed by atoms with van der Waals surface area (Å²) in [6.45, 7) is 3.95. The fraction of sp³-hybridized carbons (Fsp3) is 0.316. The number of urea groups is 1. The number of carbonyl (C=O) groups excluding carboxylic acids is 1. The first-order chi connectivity index (χ1) is 12.2. The molecular formula is C19H22ClN3O2. The van der Waals surface area contributed by atoms with Gasteiger partial charge in [0.1, 0.15) is 12.4 Å². The minimum Gasteiger partial charge on any atom is -0.490 e. The van der Waals surface area contributed by atoms with E-state index in [4.69, 9.17) is 16.3 Å². The molecule has 1 saturated heterocycles. The molecule has 2 amide bonds. The molecule has 0 radical (unpaired) electrons. The molecule has 0 atom stereocenters. The summed E-state index contributed by atoms with van der Waals surface area (Å²) in [7, 11) is 0. The van der Waals surface area contributed by atoms with E-state index < -0.39 is 0 Å². The maximum atomic E-state index is 12.2. The zero-order chi connectivity index (χ0) is 17.5. The van der Waals surface area contributed by atoms with Crippen molar-refractivity contribution >= 4 is 23.3 Å². The van der Waals surface area contributed by atoms with Crippen LogP contribution in [0.5, 0.6) is 5.75 Å². The van der Waals surface area contributed by atoms with Crippen LogP contribution >= 0.6 is 11.6 Å². The predicted molar refractivity (Wildman–Crippen MR) is 101 cm³/mol. The van der Waals surface area contributed by atoms with Crippen LogP contribution < -0.4 is 15.0 Å². The van der Waals surface area contributed by atoms with Crippen LogP contribution in [0.4, 0.5) is 10.5 Å². The highest BCUT2D eigenvalue weighted by Gasteiger charge is 2.20. The van der Waals surface area contributed by atoms with E-state index in [-0.39, 0.29) is 6.03 Å². The number of anilines is 1. The van der Waals surface area contributed by atoms with Crippen molar-refractivity contribution < 1.29 is 9.53 Å². The number of piperazine rings is 1. The maximum absolute atomic E-state index is 12.2. The van der Waals surface area contributed by atoms with Crippen molar-refractivity contribution in [3.05, 3.63) is 59.6 Å². The third-order valence-electron chi connectivity index (χ3n) is 4.16. The molecule has 1 N–H and O–H groups in total. The first kappa shape index (κ1) is 17.4. The van der Waals surface area contributed by atoms with Crippen LogP contribution in [0.25, 0.3) is 0 Å². The number of nitrogens with one attached hydrogen (secondary N) is 1. The number of hydrogen-bond acceptors (Lipinski definition) is 3. The van der Waals surface area contributed by atoms with E-state index in [1.54, 1.807) is 6.07 Å². The van der Waals surface area contributed by atoms with Crippen molar-refractivity contribution in [2.24, 2.45) is 0 Å². The molecule has 3 rings (SSSR count). The Balaban J connectivity index is 1.37. The van der Waals surface area contributed by atoms with Gasteiger partial charge in [-0.05, 0) is 24.3 Å². The van der Waals surface area contributed by atoms with Crippen molar-refractivity contribution in [2.45, 2.75) is 0 Å². The molecule has 2 aromatic rings. The van der Waals surface area contributed by atoms with Gasteiger partial charge in [0.15, 0.2) is 0 Å². The first-order valence-corrected chi connectivity index (χ1v) is 8.82. The van der Waals surface area contributed by atoms with Crippen molar-refractivity contribution in [1.82, 2.24) is 10.2 Å². The fourth-order valence-electron chi connectivity index (χ4n) is 2.80. The predicted octanol–water partition coefficient (Wildman–Crippen LogP) is 3.25. The molecule has 0 aliphatic carbocycles. The van der Waals surface area contributed by atoms with Crippen LogP contribution in [-0.2, 0) is 0 Å². The summed E-state index contributed by atoms with van der Waals surface area (Å²) in [5.74, 6) is 0.634. The van der Waals surface area contributed by atoms with Crippen molar-refractivity contribution in [3.8, 4) is 5.75 Å². The molecule has 25 heavy (non-hydrogen) atoms. The van der Waals surface area contributed by atoms with Gasteiger partial charge in [-0.1, -0.05) is 41.9 Å². The molecule has 1 aliphatic heterocycles. The second kappa shape index (κ2) is 8.62. The summed E-state index contributed by atoms with van der Waals surface area (Å²) in [5.41, 5.74) is 1.20. The zero-order valence-corrected chi connectivity index (χ0v) is 14.8. The number of benzene rings is 2. The number of carbonyl (C=O) groups is 1. The number of nitrogens with zero attached hydrogens (tertiary/aromatic N) is 2. The summed E-state index contributed by atoms with van der Waals surface area (Å²) < 4.78 is 5.58. The molecule has 1 heterocycles. The Morgan fingerprint density at radius 1 is 1.00 bits per heavy atom. The highest BCUT2D eigenvalue weighted by atomic mass is 35.5. The normalized spacial score (nSPS) is 14.3. The second-order valence-corrected chi connectivity index (χ2v) is 6.23. The molecular weight excluding hydrogens is 338 g/mol. The number of rotatable bonds is 5.